The number of rotatable bonds is 6. The molecule has 13 heteroatoms. The summed E-state index contributed by atoms with van der Waals surface area (Å²) in [6.07, 6.45) is 6.22. The molecule has 0 saturated heterocycles. The molecular weight excluding hydrogens is 480 g/mol. The fourth-order valence-electron chi connectivity index (χ4n) is 3.72. The molecule has 0 radical (unpaired) electrons. The largest absolute Gasteiger partial charge is 0.360 e. The maximum absolute atomic E-state index is 12.6. The van der Waals surface area contributed by atoms with Crippen molar-refractivity contribution in [3.63, 3.8) is 0 Å². The summed E-state index contributed by atoms with van der Waals surface area (Å²) in [5.41, 5.74) is -1.14. The van der Waals surface area contributed by atoms with Crippen molar-refractivity contribution < 1.29 is 16.8 Å². The number of pyridine rings is 2. The third-order valence-corrected chi connectivity index (χ3v) is 7.25. The number of nitrogens with zero attached hydrogens (tertiary/aromatic N) is 1. The zero-order chi connectivity index (χ0) is 24.7. The zero-order valence-corrected chi connectivity index (χ0v) is 19.6. The molecular formula is C21H22N6O5S2. The maximum atomic E-state index is 12.6. The molecule has 2 heterocycles. The Balaban J connectivity index is 1.80. The predicted octanol–water partition coefficient (Wildman–Crippen LogP) is 1.62. The Morgan fingerprint density at radius 2 is 1.82 bits per heavy atom. The SMILES string of the molecule is CC1(Nc2nc(Nc3ccccc3S(N)(=O)=O)cc3cc[nH]c(=O)c23)C=CC=C(S(N)(=O)=O)C1. The van der Waals surface area contributed by atoms with Gasteiger partial charge in [0.2, 0.25) is 20.0 Å². The lowest BCUT2D eigenvalue weighted by Crippen LogP contribution is -2.37. The predicted molar refractivity (Wildman–Crippen MR) is 130 cm³/mol. The van der Waals surface area contributed by atoms with Crippen LogP contribution in [0.5, 0.6) is 0 Å². The van der Waals surface area contributed by atoms with E-state index < -0.39 is 31.1 Å². The van der Waals surface area contributed by atoms with E-state index in [0.717, 1.165) is 0 Å². The second kappa shape index (κ2) is 8.36. The highest BCUT2D eigenvalue weighted by Crippen LogP contribution is 2.32. The molecule has 1 atom stereocenters. The quantitative estimate of drug-likeness (QED) is 0.336. The molecule has 1 aliphatic rings. The molecule has 0 aliphatic heterocycles. The van der Waals surface area contributed by atoms with Crippen molar-refractivity contribution in [2.45, 2.75) is 23.8 Å². The Kier molecular flexibility index (Phi) is 5.81. The number of sulfonamides is 2. The third kappa shape index (κ3) is 4.87. The number of hydrogen-bond donors (Lipinski definition) is 5. The van der Waals surface area contributed by atoms with Crippen molar-refractivity contribution in [2.75, 3.05) is 10.6 Å². The lowest BCUT2D eigenvalue weighted by molar-refractivity contribution is 0.586. The number of aromatic nitrogens is 2. The number of nitrogens with two attached hydrogens (primary N) is 2. The molecule has 0 amide bonds. The van der Waals surface area contributed by atoms with Crippen molar-refractivity contribution >= 4 is 48.1 Å². The monoisotopic (exact) mass is 502 g/mol. The highest BCUT2D eigenvalue weighted by Gasteiger charge is 2.30. The second-order valence-electron chi connectivity index (χ2n) is 8.05. The van der Waals surface area contributed by atoms with Gasteiger partial charge in [-0.15, -0.1) is 0 Å². The summed E-state index contributed by atoms with van der Waals surface area (Å²) in [6, 6.07) is 9.32. The summed E-state index contributed by atoms with van der Waals surface area (Å²) < 4.78 is 47.7. The van der Waals surface area contributed by atoms with Crippen LogP contribution in [-0.4, -0.2) is 32.3 Å². The van der Waals surface area contributed by atoms with Gasteiger partial charge in [0, 0.05) is 12.6 Å². The molecule has 0 fully saturated rings. The first kappa shape index (κ1) is 23.6. The summed E-state index contributed by atoms with van der Waals surface area (Å²) in [6.45, 7) is 1.74. The van der Waals surface area contributed by atoms with E-state index in [1.807, 2.05) is 0 Å². The lowest BCUT2D eigenvalue weighted by Gasteiger charge is -2.31. The van der Waals surface area contributed by atoms with Crippen molar-refractivity contribution in [1.82, 2.24) is 9.97 Å². The summed E-state index contributed by atoms with van der Waals surface area (Å²) in [7, 11) is -7.92. The van der Waals surface area contributed by atoms with Gasteiger partial charge in [-0.2, -0.15) is 0 Å². The summed E-state index contributed by atoms with van der Waals surface area (Å²) in [5.74, 6) is 0.403. The van der Waals surface area contributed by atoms with Gasteiger partial charge in [-0.05, 0) is 42.7 Å². The molecule has 1 unspecified atom stereocenters. The molecule has 1 aliphatic carbocycles. The minimum Gasteiger partial charge on any atom is -0.360 e. The molecule has 178 valence electrons. The first-order valence-corrected chi connectivity index (χ1v) is 13.1. The van der Waals surface area contributed by atoms with E-state index in [2.05, 4.69) is 20.6 Å². The summed E-state index contributed by atoms with van der Waals surface area (Å²) in [4.78, 5) is 19.6. The van der Waals surface area contributed by atoms with E-state index in [-0.39, 0.29) is 38.9 Å². The van der Waals surface area contributed by atoms with Crippen LogP contribution < -0.4 is 26.5 Å². The number of fused-ring (bicyclic) bond motifs is 1. The average molecular weight is 503 g/mol. The van der Waals surface area contributed by atoms with Gasteiger partial charge < -0.3 is 15.6 Å². The number of nitrogens with one attached hydrogen (secondary N) is 3. The van der Waals surface area contributed by atoms with Crippen molar-refractivity contribution in [1.29, 1.82) is 0 Å². The standard InChI is InChI=1S/C21H22N6O5S2/c1-21(9-4-5-14(12-21)33(22,29)30)27-19-18-13(8-10-24-20(18)28)11-17(26-19)25-15-6-2-3-7-16(15)34(23,31)32/h2-11H,12H2,1H3,(H,24,28)(H2,22,29,30)(H2,23,31,32)(H2,25,26,27). The topological polar surface area (TPSA) is 190 Å². The van der Waals surface area contributed by atoms with Crippen LogP contribution in [-0.2, 0) is 20.0 Å². The first-order valence-electron chi connectivity index (χ1n) is 9.96. The number of hydrogen-bond acceptors (Lipinski definition) is 8. The summed E-state index contributed by atoms with van der Waals surface area (Å²) >= 11 is 0. The van der Waals surface area contributed by atoms with Crippen LogP contribution in [0.25, 0.3) is 10.8 Å². The van der Waals surface area contributed by atoms with Crippen LogP contribution in [0, 0.1) is 0 Å². The van der Waals surface area contributed by atoms with Crippen LogP contribution in [0.1, 0.15) is 13.3 Å². The number of allylic oxidation sites excluding steroid dienone is 2. The van der Waals surface area contributed by atoms with Crippen LogP contribution in [0.15, 0.2) is 75.4 Å². The minimum atomic E-state index is -4.01. The van der Waals surface area contributed by atoms with Crippen LogP contribution in [0.3, 0.4) is 0 Å². The van der Waals surface area contributed by atoms with Crippen LogP contribution in [0.2, 0.25) is 0 Å². The third-order valence-electron chi connectivity index (χ3n) is 5.27. The van der Waals surface area contributed by atoms with E-state index in [9.17, 15) is 21.6 Å². The van der Waals surface area contributed by atoms with Gasteiger partial charge in [-0.3, -0.25) is 4.79 Å². The Morgan fingerprint density at radius 3 is 2.53 bits per heavy atom. The number of anilines is 3. The highest BCUT2D eigenvalue weighted by molar-refractivity contribution is 7.93. The smallest absolute Gasteiger partial charge is 0.259 e. The van der Waals surface area contributed by atoms with E-state index in [1.54, 1.807) is 37.3 Å². The van der Waals surface area contributed by atoms with Crippen molar-refractivity contribution in [2.24, 2.45) is 10.3 Å². The molecule has 1 aromatic carbocycles. The number of aromatic amines is 1. The Bertz CT molecular complexity index is 1630. The molecule has 0 saturated carbocycles. The molecule has 0 spiro atoms. The van der Waals surface area contributed by atoms with Gasteiger partial charge in [0.1, 0.15) is 16.5 Å². The van der Waals surface area contributed by atoms with E-state index >= 15 is 0 Å². The molecule has 0 bridgehead atoms. The average Bonchev–Trinajstić information content (AvgIpc) is 2.72. The highest BCUT2D eigenvalue weighted by atomic mass is 32.2. The zero-order valence-electron chi connectivity index (χ0n) is 17.9. The Morgan fingerprint density at radius 1 is 1.09 bits per heavy atom. The van der Waals surface area contributed by atoms with Gasteiger partial charge in [-0.1, -0.05) is 24.3 Å². The van der Waals surface area contributed by atoms with E-state index in [4.69, 9.17) is 10.3 Å². The molecule has 11 nitrogen and oxygen atoms in total. The van der Waals surface area contributed by atoms with Crippen LogP contribution >= 0.6 is 0 Å². The summed E-state index contributed by atoms with van der Waals surface area (Å²) in [5, 5.41) is 17.5. The molecule has 34 heavy (non-hydrogen) atoms. The van der Waals surface area contributed by atoms with Gasteiger partial charge in [0.25, 0.3) is 5.56 Å². The Labute approximate surface area is 195 Å². The molecule has 3 aromatic rings. The van der Waals surface area contributed by atoms with Gasteiger partial charge in [0.15, 0.2) is 0 Å². The second-order valence-corrected chi connectivity index (χ2v) is 11.2. The van der Waals surface area contributed by atoms with Crippen molar-refractivity contribution in [3.05, 3.63) is 76.1 Å². The number of H-pyrrole nitrogens is 1. The van der Waals surface area contributed by atoms with Crippen LogP contribution in [0.4, 0.5) is 17.3 Å². The normalized spacial score (nSPS) is 18.5. The van der Waals surface area contributed by atoms with Gasteiger partial charge in [-0.25, -0.2) is 32.1 Å². The minimum absolute atomic E-state index is 0.0274. The lowest BCUT2D eigenvalue weighted by atomic mass is 9.93. The van der Waals surface area contributed by atoms with E-state index in [1.165, 1.54) is 30.5 Å². The fraction of sp³-hybridized carbons (Fsp3) is 0.143. The number of primary sulfonamides is 2. The fourth-order valence-corrected chi connectivity index (χ4v) is 5.19. The molecule has 4 rings (SSSR count). The number of para-hydroxylation sites is 1. The first-order chi connectivity index (χ1) is 15.9. The molecule has 2 aromatic heterocycles. The maximum Gasteiger partial charge on any atom is 0.259 e. The molecule has 7 N–H and O–H groups in total. The van der Waals surface area contributed by atoms with Crippen molar-refractivity contribution in [3.8, 4) is 0 Å². The van der Waals surface area contributed by atoms with Gasteiger partial charge in [0.05, 0.1) is 21.5 Å². The van der Waals surface area contributed by atoms with Gasteiger partial charge >= 0.3 is 0 Å². The number of benzene rings is 1. The van der Waals surface area contributed by atoms with E-state index in [0.29, 0.717) is 5.39 Å². The Hall–Kier alpha value is -3.52.